The first-order valence-corrected chi connectivity index (χ1v) is 6.95. The normalized spacial score (nSPS) is 17.4. The molecule has 17 heavy (non-hydrogen) atoms. The zero-order valence-electron chi connectivity index (χ0n) is 10.2. The third-order valence-electron chi connectivity index (χ3n) is 3.32. The molecule has 94 valence electrons. The Morgan fingerprint density at radius 2 is 1.82 bits per heavy atom. The summed E-state index contributed by atoms with van der Waals surface area (Å²) in [6, 6.07) is 11.4. The Kier molecular flexibility index (Phi) is 5.24. The Morgan fingerprint density at radius 1 is 1.12 bits per heavy atom. The van der Waals surface area contributed by atoms with Crippen molar-refractivity contribution < 1.29 is 0 Å². The average Bonchev–Trinajstić information content (AvgIpc) is 2.41. The Bertz CT molecular complexity index is 310. The lowest BCUT2D eigenvalue weighted by Crippen LogP contribution is -2.43. The number of nitrogens with one attached hydrogen (secondary N) is 2. The molecule has 2 N–H and O–H groups in total. The summed E-state index contributed by atoms with van der Waals surface area (Å²) in [6.07, 6.45) is 2.48. The maximum absolute atomic E-state index is 3.59. The van der Waals surface area contributed by atoms with Crippen LogP contribution in [0, 0.1) is 0 Å². The average molecular weight is 251 g/mol. The van der Waals surface area contributed by atoms with Crippen LogP contribution in [0.15, 0.2) is 30.3 Å². The molecule has 4 heteroatoms. The molecule has 1 saturated heterocycles. The molecule has 0 aromatic heterocycles. The third kappa shape index (κ3) is 3.95. The van der Waals surface area contributed by atoms with E-state index >= 15 is 0 Å². The lowest BCUT2D eigenvalue weighted by molar-refractivity contribution is 0.418. The van der Waals surface area contributed by atoms with E-state index in [1.165, 1.54) is 18.5 Å². The summed E-state index contributed by atoms with van der Waals surface area (Å²) >= 11 is 0. The van der Waals surface area contributed by atoms with E-state index in [9.17, 15) is 0 Å². The molecule has 3 nitrogen and oxygen atoms in total. The number of piperidine rings is 1. The van der Waals surface area contributed by atoms with Gasteiger partial charge in [0.1, 0.15) is 0 Å². The van der Waals surface area contributed by atoms with Crippen molar-refractivity contribution in [3.63, 3.8) is 0 Å². The van der Waals surface area contributed by atoms with Gasteiger partial charge in [0.25, 0.3) is 0 Å². The Morgan fingerprint density at radius 3 is 2.47 bits per heavy atom. The molecule has 0 aliphatic carbocycles. The topological polar surface area (TPSA) is 27.3 Å². The fraction of sp³-hybridized carbons (Fsp3) is 0.538. The van der Waals surface area contributed by atoms with Gasteiger partial charge in [-0.25, -0.2) is 0 Å². The molecule has 1 aromatic carbocycles. The smallest absolute Gasteiger partial charge is 0.0366 e. The zero-order valence-corrected chi connectivity index (χ0v) is 11.4. The van der Waals surface area contributed by atoms with E-state index in [2.05, 4.69) is 55.0 Å². The number of para-hydroxylation sites is 1. The number of benzene rings is 1. The maximum atomic E-state index is 3.59. The van der Waals surface area contributed by atoms with Crippen LogP contribution < -0.4 is 15.3 Å². The molecule has 1 atom stereocenters. The van der Waals surface area contributed by atoms with Gasteiger partial charge >= 0.3 is 0 Å². The van der Waals surface area contributed by atoms with E-state index in [0.29, 0.717) is 6.04 Å². The molecule has 0 saturated carbocycles. The van der Waals surface area contributed by atoms with Crippen molar-refractivity contribution in [3.05, 3.63) is 30.3 Å². The quantitative estimate of drug-likeness (QED) is 0.615. The molecule has 1 unspecified atom stereocenters. The van der Waals surface area contributed by atoms with Crippen LogP contribution in [0.3, 0.4) is 0 Å². The Hall–Kier alpha value is -0.630. The minimum Gasteiger partial charge on any atom is -0.371 e. The van der Waals surface area contributed by atoms with Gasteiger partial charge in [-0.05, 0) is 25.0 Å². The molecule has 1 aliphatic rings. The van der Waals surface area contributed by atoms with Gasteiger partial charge in [-0.2, -0.15) is 0 Å². The molecule has 1 heterocycles. The first-order chi connectivity index (χ1) is 8.40. The van der Waals surface area contributed by atoms with Crippen molar-refractivity contribution in [2.45, 2.75) is 18.9 Å². The zero-order chi connectivity index (χ0) is 11.9. The molecule has 0 amide bonds. The molecule has 1 fully saturated rings. The molecule has 0 spiro atoms. The van der Waals surface area contributed by atoms with E-state index in [1.54, 1.807) is 0 Å². The first kappa shape index (κ1) is 12.8. The van der Waals surface area contributed by atoms with Crippen LogP contribution in [-0.4, -0.2) is 32.2 Å². The van der Waals surface area contributed by atoms with Crippen LogP contribution in [0.1, 0.15) is 12.8 Å². The summed E-state index contributed by atoms with van der Waals surface area (Å²) in [5.41, 5.74) is 1.36. The van der Waals surface area contributed by atoms with Gasteiger partial charge in [-0.1, -0.05) is 27.6 Å². The lowest BCUT2D eigenvalue weighted by atomic mass is 10.0. The standard InChI is InChI=1S/C13H22N3P/c17-15-9-8-14-12-6-10-16(11-7-12)13-4-2-1-3-5-13/h1-5,12,14-15H,6-11,17H2. The van der Waals surface area contributed by atoms with Crippen LogP contribution in [0.2, 0.25) is 0 Å². The maximum Gasteiger partial charge on any atom is 0.0366 e. The molecule has 2 rings (SSSR count). The summed E-state index contributed by atoms with van der Waals surface area (Å²) in [5, 5.41) is 6.68. The second-order valence-electron chi connectivity index (χ2n) is 4.51. The number of rotatable bonds is 5. The van der Waals surface area contributed by atoms with E-state index in [1.807, 2.05) is 0 Å². The molecular weight excluding hydrogens is 229 g/mol. The fourth-order valence-electron chi connectivity index (χ4n) is 2.33. The van der Waals surface area contributed by atoms with Crippen molar-refractivity contribution >= 4 is 15.1 Å². The number of hydrogen-bond donors (Lipinski definition) is 2. The first-order valence-electron chi connectivity index (χ1n) is 6.37. The number of anilines is 1. The Labute approximate surface area is 106 Å². The van der Waals surface area contributed by atoms with Crippen molar-refractivity contribution in [3.8, 4) is 0 Å². The van der Waals surface area contributed by atoms with Crippen molar-refractivity contribution in [1.29, 1.82) is 0 Å². The van der Waals surface area contributed by atoms with E-state index < -0.39 is 0 Å². The minimum absolute atomic E-state index is 0.688. The van der Waals surface area contributed by atoms with Crippen LogP contribution in [0.5, 0.6) is 0 Å². The van der Waals surface area contributed by atoms with Crippen molar-refractivity contribution in [1.82, 2.24) is 10.4 Å². The highest BCUT2D eigenvalue weighted by molar-refractivity contribution is 7.13. The predicted octanol–water partition coefficient (Wildman–Crippen LogP) is 1.62. The SMILES string of the molecule is PNCCNC1CCN(c2ccccc2)CC1. The highest BCUT2D eigenvalue weighted by Crippen LogP contribution is 2.19. The second-order valence-corrected chi connectivity index (χ2v) is 4.91. The Balaban J connectivity index is 1.74. The van der Waals surface area contributed by atoms with Crippen LogP contribution >= 0.6 is 9.39 Å². The third-order valence-corrected chi connectivity index (χ3v) is 3.61. The molecular formula is C13H22N3P. The molecule has 1 aliphatic heterocycles. The van der Waals surface area contributed by atoms with Gasteiger partial charge < -0.3 is 10.2 Å². The summed E-state index contributed by atoms with van der Waals surface area (Å²) < 4.78 is 0. The van der Waals surface area contributed by atoms with Gasteiger partial charge in [0.15, 0.2) is 0 Å². The van der Waals surface area contributed by atoms with Gasteiger partial charge in [0, 0.05) is 37.9 Å². The highest BCUT2D eigenvalue weighted by atomic mass is 31.0. The molecule has 1 aromatic rings. The van der Waals surface area contributed by atoms with E-state index in [-0.39, 0.29) is 0 Å². The summed E-state index contributed by atoms with van der Waals surface area (Å²) in [6.45, 7) is 4.40. The van der Waals surface area contributed by atoms with Crippen molar-refractivity contribution in [2.24, 2.45) is 0 Å². The number of nitrogens with zero attached hydrogens (tertiary/aromatic N) is 1. The minimum atomic E-state index is 0.688. The predicted molar refractivity (Wildman–Crippen MR) is 77.4 cm³/mol. The van der Waals surface area contributed by atoms with E-state index in [0.717, 1.165) is 26.2 Å². The molecule has 0 bridgehead atoms. The fourth-order valence-corrected chi connectivity index (χ4v) is 2.47. The highest BCUT2D eigenvalue weighted by Gasteiger charge is 2.18. The van der Waals surface area contributed by atoms with Crippen LogP contribution in [-0.2, 0) is 0 Å². The summed E-state index contributed by atoms with van der Waals surface area (Å²) in [5.74, 6) is 0. The number of hydrogen-bond acceptors (Lipinski definition) is 3. The van der Waals surface area contributed by atoms with Crippen LogP contribution in [0.4, 0.5) is 5.69 Å². The summed E-state index contributed by atoms with van der Waals surface area (Å²) in [4.78, 5) is 2.48. The van der Waals surface area contributed by atoms with Crippen LogP contribution in [0.25, 0.3) is 0 Å². The van der Waals surface area contributed by atoms with E-state index in [4.69, 9.17) is 0 Å². The lowest BCUT2D eigenvalue weighted by Gasteiger charge is -2.34. The van der Waals surface area contributed by atoms with Gasteiger partial charge in [-0.15, -0.1) is 0 Å². The monoisotopic (exact) mass is 251 g/mol. The van der Waals surface area contributed by atoms with Gasteiger partial charge in [0.05, 0.1) is 0 Å². The largest absolute Gasteiger partial charge is 0.371 e. The molecule has 0 radical (unpaired) electrons. The van der Waals surface area contributed by atoms with Gasteiger partial charge in [0.2, 0.25) is 0 Å². The van der Waals surface area contributed by atoms with Gasteiger partial charge in [-0.3, -0.25) is 5.09 Å². The second kappa shape index (κ2) is 6.95. The van der Waals surface area contributed by atoms with Crippen molar-refractivity contribution in [2.75, 3.05) is 31.1 Å². The summed E-state index contributed by atoms with van der Waals surface area (Å²) in [7, 11) is 2.54.